The number of nitrogens with zero attached hydrogens (tertiary/aromatic N) is 4. The highest BCUT2D eigenvalue weighted by molar-refractivity contribution is 6.01. The third-order valence-corrected chi connectivity index (χ3v) is 10.3. The smallest absolute Gasteiger partial charge is 0.416 e. The molecule has 7 nitrogen and oxygen atoms in total. The Kier molecular flexibility index (Phi) is 12.2. The highest BCUT2D eigenvalue weighted by atomic mass is 19.4. The molecule has 5 rings (SSSR count). The lowest BCUT2D eigenvalue weighted by Gasteiger charge is -2.56. The van der Waals surface area contributed by atoms with Gasteiger partial charge in [-0.15, -0.1) is 0 Å². The van der Waals surface area contributed by atoms with E-state index in [1.54, 1.807) is 19.0 Å². The van der Waals surface area contributed by atoms with Crippen molar-refractivity contribution >= 4 is 11.6 Å². The number of anilines is 1. The Bertz CT molecular complexity index is 1880. The summed E-state index contributed by atoms with van der Waals surface area (Å²) >= 11 is 0. The van der Waals surface area contributed by atoms with Crippen LogP contribution < -0.4 is 10.1 Å². The van der Waals surface area contributed by atoms with E-state index in [2.05, 4.69) is 35.6 Å². The summed E-state index contributed by atoms with van der Waals surface area (Å²) < 4.78 is 106. The molecular formula is C40H46F7N5O2. The summed E-state index contributed by atoms with van der Waals surface area (Å²) in [5.74, 6) is -6.38. The summed E-state index contributed by atoms with van der Waals surface area (Å²) in [6, 6.07) is 7.92. The molecule has 0 atom stereocenters. The Morgan fingerprint density at radius 2 is 1.69 bits per heavy atom. The van der Waals surface area contributed by atoms with E-state index < -0.39 is 46.4 Å². The van der Waals surface area contributed by atoms with Crippen molar-refractivity contribution in [2.45, 2.75) is 84.0 Å². The number of benzene rings is 2. The molecule has 1 aliphatic heterocycles. The number of aromatic nitrogens is 1. The minimum Gasteiger partial charge on any atom is -0.489 e. The number of hydrazine groups is 1. The number of hydrogen-bond donors (Lipinski definition) is 1. The first-order chi connectivity index (χ1) is 25.4. The van der Waals surface area contributed by atoms with Gasteiger partial charge in [0.15, 0.2) is 11.6 Å². The number of hydrogen-bond acceptors (Lipinski definition) is 6. The first-order valence-corrected chi connectivity index (χ1v) is 18.0. The van der Waals surface area contributed by atoms with Crippen LogP contribution >= 0.6 is 0 Å². The quantitative estimate of drug-likeness (QED) is 0.156. The Hall–Kier alpha value is -4.43. The van der Waals surface area contributed by atoms with Gasteiger partial charge in [-0.25, -0.2) is 9.40 Å². The SMILES string of the molecule is C=C(Nc1ccc(C(F)(F)F)cc1-c1ccc(C(C)(F)F)nc1)C1=C(C)C2(CCC2)N(C)N(Cc2ccc(OCCN(CCC)CCC)c(F)c2F)C1=O. The zero-order chi connectivity index (χ0) is 39.6. The van der Waals surface area contributed by atoms with Gasteiger partial charge >= 0.3 is 6.18 Å². The van der Waals surface area contributed by atoms with Crippen molar-refractivity contribution in [3.8, 4) is 16.9 Å². The second-order valence-electron chi connectivity index (χ2n) is 14.0. The van der Waals surface area contributed by atoms with Gasteiger partial charge in [0.1, 0.15) is 12.3 Å². The highest BCUT2D eigenvalue weighted by Crippen LogP contribution is 2.49. The van der Waals surface area contributed by atoms with E-state index >= 15 is 8.78 Å². The monoisotopic (exact) mass is 761 g/mol. The first-order valence-electron chi connectivity index (χ1n) is 18.0. The molecule has 0 bridgehead atoms. The van der Waals surface area contributed by atoms with Crippen molar-refractivity contribution in [2.75, 3.05) is 38.6 Å². The average Bonchev–Trinajstić information content (AvgIpc) is 3.08. The van der Waals surface area contributed by atoms with Gasteiger partial charge in [0.2, 0.25) is 5.82 Å². The average molecular weight is 762 g/mol. The predicted molar refractivity (Wildman–Crippen MR) is 193 cm³/mol. The van der Waals surface area contributed by atoms with Crippen LogP contribution in [0.1, 0.15) is 76.6 Å². The molecule has 0 unspecified atom stereocenters. The Labute approximate surface area is 311 Å². The standard InChI is InChI=1S/C40H46F7N5O2/c1-7-18-51(19-8-2)20-21-54-32-14-10-28(35(41)36(32)42)24-52-37(53)34(25(3)39(50(52)6)16-9-17-39)26(4)49-31-13-12-29(40(45,46)47)22-30(31)27-11-15-33(48-23-27)38(5,43)44/h10-15,22-23,49H,4,7-9,16-21,24H2,1-3,5-6H3. The van der Waals surface area contributed by atoms with E-state index in [9.17, 15) is 26.7 Å². The number of carbonyl (C=O) groups is 1. The first kappa shape index (κ1) is 40.7. The molecule has 1 amide bonds. The van der Waals surface area contributed by atoms with Gasteiger partial charge in [-0.3, -0.25) is 19.7 Å². The molecule has 1 fully saturated rings. The normalized spacial score (nSPS) is 16.3. The number of likely N-dealkylation sites (N-methyl/N-ethyl adjacent to an activating group) is 1. The van der Waals surface area contributed by atoms with Crippen LogP contribution in [-0.4, -0.2) is 64.6 Å². The molecule has 2 heterocycles. The van der Waals surface area contributed by atoms with E-state index in [0.717, 1.165) is 56.7 Å². The fraction of sp³-hybridized carbons (Fsp3) is 0.450. The second kappa shape index (κ2) is 16.1. The van der Waals surface area contributed by atoms with Crippen LogP contribution in [0.2, 0.25) is 0 Å². The molecule has 1 saturated carbocycles. The molecule has 0 saturated heterocycles. The maximum Gasteiger partial charge on any atom is 0.416 e. The Balaban J connectivity index is 1.43. The molecule has 14 heteroatoms. The number of halogens is 7. The number of nitrogens with one attached hydrogen (secondary N) is 1. The molecule has 3 aromatic rings. The minimum atomic E-state index is -4.71. The topological polar surface area (TPSA) is 60.9 Å². The van der Waals surface area contributed by atoms with Crippen molar-refractivity contribution in [3.05, 3.63) is 101 Å². The van der Waals surface area contributed by atoms with E-state index in [4.69, 9.17) is 4.74 Å². The molecule has 1 aliphatic carbocycles. The summed E-state index contributed by atoms with van der Waals surface area (Å²) in [5, 5.41) is 6.06. The molecule has 292 valence electrons. The van der Waals surface area contributed by atoms with Gasteiger partial charge in [-0.2, -0.15) is 26.3 Å². The lowest BCUT2D eigenvalue weighted by molar-refractivity contribution is -0.165. The fourth-order valence-electron chi connectivity index (χ4n) is 7.20. The maximum absolute atomic E-state index is 15.6. The van der Waals surface area contributed by atoms with Crippen LogP contribution in [0, 0.1) is 11.6 Å². The Morgan fingerprint density at radius 1 is 1.00 bits per heavy atom. The van der Waals surface area contributed by atoms with Crippen LogP contribution in [-0.2, 0) is 23.4 Å². The van der Waals surface area contributed by atoms with Crippen molar-refractivity contribution in [2.24, 2.45) is 0 Å². The third kappa shape index (κ3) is 8.29. The second-order valence-corrected chi connectivity index (χ2v) is 14.0. The van der Waals surface area contributed by atoms with Gasteiger partial charge in [0.05, 0.1) is 23.2 Å². The lowest BCUT2D eigenvalue weighted by Crippen LogP contribution is -2.64. The number of rotatable bonds is 15. The zero-order valence-corrected chi connectivity index (χ0v) is 31.1. The number of alkyl halides is 5. The summed E-state index contributed by atoms with van der Waals surface area (Å²) in [7, 11) is 1.71. The molecule has 54 heavy (non-hydrogen) atoms. The van der Waals surface area contributed by atoms with Crippen LogP contribution in [0.5, 0.6) is 5.75 Å². The van der Waals surface area contributed by atoms with Crippen molar-refractivity contribution in [3.63, 3.8) is 0 Å². The number of amides is 1. The van der Waals surface area contributed by atoms with E-state index in [1.807, 2.05) is 0 Å². The van der Waals surface area contributed by atoms with Gasteiger partial charge in [0, 0.05) is 54.8 Å². The van der Waals surface area contributed by atoms with Crippen molar-refractivity contribution in [1.29, 1.82) is 0 Å². The van der Waals surface area contributed by atoms with E-state index in [0.29, 0.717) is 31.9 Å². The van der Waals surface area contributed by atoms with Crippen molar-refractivity contribution in [1.82, 2.24) is 19.9 Å². The molecule has 0 radical (unpaired) electrons. The van der Waals surface area contributed by atoms with E-state index in [1.165, 1.54) is 29.3 Å². The molecule has 1 aromatic heterocycles. The van der Waals surface area contributed by atoms with Crippen LogP contribution in [0.4, 0.5) is 36.4 Å². The largest absolute Gasteiger partial charge is 0.489 e. The number of carbonyl (C=O) groups excluding carboxylic acids is 1. The predicted octanol–water partition coefficient (Wildman–Crippen LogP) is 9.71. The Morgan fingerprint density at radius 3 is 2.24 bits per heavy atom. The summed E-state index contributed by atoms with van der Waals surface area (Å²) in [4.78, 5) is 20.3. The lowest BCUT2D eigenvalue weighted by atomic mass is 9.68. The minimum absolute atomic E-state index is 0.0124. The number of pyridine rings is 1. The molecule has 1 N–H and O–H groups in total. The molecule has 2 aromatic carbocycles. The van der Waals surface area contributed by atoms with Crippen LogP contribution in [0.15, 0.2) is 72.1 Å². The van der Waals surface area contributed by atoms with Crippen molar-refractivity contribution < 1.29 is 40.3 Å². The van der Waals surface area contributed by atoms with Gasteiger partial charge in [-0.1, -0.05) is 32.6 Å². The number of ether oxygens (including phenoxy) is 1. The third-order valence-electron chi connectivity index (χ3n) is 10.3. The molecule has 1 spiro atoms. The molecular weight excluding hydrogens is 715 g/mol. The summed E-state index contributed by atoms with van der Waals surface area (Å²) in [6.45, 7) is 12.8. The van der Waals surface area contributed by atoms with Gasteiger partial charge in [-0.05, 0) is 88.0 Å². The zero-order valence-electron chi connectivity index (χ0n) is 31.1. The van der Waals surface area contributed by atoms with Gasteiger partial charge in [0.25, 0.3) is 11.8 Å². The van der Waals surface area contributed by atoms with Crippen LogP contribution in [0.25, 0.3) is 11.1 Å². The van der Waals surface area contributed by atoms with Gasteiger partial charge < -0.3 is 10.1 Å². The van der Waals surface area contributed by atoms with E-state index in [-0.39, 0.29) is 52.5 Å². The molecule has 2 aliphatic rings. The van der Waals surface area contributed by atoms with Crippen LogP contribution in [0.3, 0.4) is 0 Å². The summed E-state index contributed by atoms with van der Waals surface area (Å²) in [5.41, 5.74) is -1.19. The maximum atomic E-state index is 15.6. The fourth-order valence-corrected chi connectivity index (χ4v) is 7.20. The summed E-state index contributed by atoms with van der Waals surface area (Å²) in [6.07, 6.45) is 0.395. The highest BCUT2D eigenvalue weighted by Gasteiger charge is 2.51.